The Labute approximate surface area is 209 Å². The third kappa shape index (κ3) is 3.61. The van der Waals surface area contributed by atoms with E-state index in [1.165, 1.54) is 20.8 Å². The zero-order valence-electron chi connectivity index (χ0n) is 19.2. The Morgan fingerprint density at radius 2 is 1.53 bits per heavy atom. The minimum absolute atomic E-state index is 0.219. The number of fused-ring (bicyclic) bond motifs is 2. The number of aryl methyl sites for hydroxylation is 1. The summed E-state index contributed by atoms with van der Waals surface area (Å²) in [7, 11) is 0. The fourth-order valence-electron chi connectivity index (χ4n) is 4.41. The van der Waals surface area contributed by atoms with Crippen LogP contribution in [0, 0.1) is 6.92 Å². The molecule has 3 aromatic carbocycles. The van der Waals surface area contributed by atoms with Crippen molar-refractivity contribution in [2.75, 3.05) is 6.54 Å². The quantitative estimate of drug-likeness (QED) is 0.343. The lowest BCUT2D eigenvalue weighted by molar-refractivity contribution is 0.0656. The fourth-order valence-corrected chi connectivity index (χ4v) is 5.09. The van der Waals surface area contributed by atoms with Gasteiger partial charge >= 0.3 is 0 Å². The van der Waals surface area contributed by atoms with E-state index in [1.54, 1.807) is 36.4 Å². The third-order valence-corrected chi connectivity index (χ3v) is 7.00. The highest BCUT2D eigenvalue weighted by Crippen LogP contribution is 2.25. The highest BCUT2D eigenvalue weighted by atomic mass is 32.1. The number of rotatable bonds is 5. The molecule has 5 aromatic rings. The molecule has 8 nitrogen and oxygen atoms in total. The summed E-state index contributed by atoms with van der Waals surface area (Å²) in [5.41, 5.74) is 2.77. The molecule has 0 aliphatic carbocycles. The third-order valence-electron chi connectivity index (χ3n) is 6.17. The molecule has 0 saturated carbocycles. The predicted octanol–water partition coefficient (Wildman–Crippen LogP) is 4.05. The Kier molecular flexibility index (Phi) is 5.26. The first-order chi connectivity index (χ1) is 17.5. The average molecular weight is 494 g/mol. The largest absolute Gasteiger partial charge is 0.274 e. The van der Waals surface area contributed by atoms with Crippen LogP contribution >= 0.6 is 11.3 Å². The van der Waals surface area contributed by atoms with E-state index in [9.17, 15) is 14.4 Å². The number of hydrogen-bond acceptors (Lipinski definition) is 7. The maximum absolute atomic E-state index is 13.7. The van der Waals surface area contributed by atoms with Crippen molar-refractivity contribution in [3.8, 4) is 16.5 Å². The van der Waals surface area contributed by atoms with Crippen LogP contribution in [-0.4, -0.2) is 43.0 Å². The van der Waals surface area contributed by atoms with Gasteiger partial charge in [-0.05, 0) is 43.2 Å². The van der Waals surface area contributed by atoms with Crippen molar-refractivity contribution in [1.29, 1.82) is 0 Å². The SMILES string of the molecule is Cc1nnc(-n2c(-c3ccccc3)nc3ccc(CCN4C(=O)c5ccccc5C4=O)cc3c2=O)s1. The van der Waals surface area contributed by atoms with Crippen molar-refractivity contribution < 1.29 is 9.59 Å². The number of amides is 2. The minimum Gasteiger partial charge on any atom is -0.274 e. The van der Waals surface area contributed by atoms with Crippen LogP contribution in [0.1, 0.15) is 31.3 Å². The van der Waals surface area contributed by atoms with Crippen molar-refractivity contribution in [3.63, 3.8) is 0 Å². The Morgan fingerprint density at radius 1 is 0.833 bits per heavy atom. The van der Waals surface area contributed by atoms with Gasteiger partial charge in [-0.15, -0.1) is 10.2 Å². The van der Waals surface area contributed by atoms with Crippen LogP contribution in [-0.2, 0) is 6.42 Å². The van der Waals surface area contributed by atoms with Crippen LogP contribution in [0.4, 0.5) is 0 Å². The highest BCUT2D eigenvalue weighted by molar-refractivity contribution is 7.13. The maximum atomic E-state index is 13.7. The van der Waals surface area contributed by atoms with Gasteiger partial charge in [0.05, 0.1) is 22.0 Å². The van der Waals surface area contributed by atoms with Crippen LogP contribution in [0.15, 0.2) is 77.6 Å². The molecular formula is C27H19N5O3S. The molecule has 0 radical (unpaired) electrons. The van der Waals surface area contributed by atoms with E-state index >= 15 is 0 Å². The van der Waals surface area contributed by atoms with E-state index in [0.717, 1.165) is 16.1 Å². The number of nitrogens with zero attached hydrogens (tertiary/aromatic N) is 5. The second kappa shape index (κ2) is 8.62. The fraction of sp³-hybridized carbons (Fsp3) is 0.111. The van der Waals surface area contributed by atoms with Gasteiger partial charge in [0.1, 0.15) is 10.8 Å². The second-order valence-corrected chi connectivity index (χ2v) is 9.61. The summed E-state index contributed by atoms with van der Waals surface area (Å²) in [6.07, 6.45) is 0.416. The molecule has 3 heterocycles. The van der Waals surface area contributed by atoms with Gasteiger partial charge < -0.3 is 0 Å². The van der Waals surface area contributed by atoms with Gasteiger partial charge in [0.2, 0.25) is 5.13 Å². The summed E-state index contributed by atoms with van der Waals surface area (Å²) in [6.45, 7) is 2.05. The van der Waals surface area contributed by atoms with Crippen LogP contribution in [0.3, 0.4) is 0 Å². The monoisotopic (exact) mass is 493 g/mol. The second-order valence-electron chi connectivity index (χ2n) is 8.45. The standard InChI is InChI=1S/C27H19N5O3S/c1-16-29-30-27(36-16)32-23(18-7-3-2-4-8-18)28-22-12-11-17(15-21(22)26(32)35)13-14-31-24(33)19-9-5-6-10-20(19)25(31)34/h2-12,15H,13-14H2,1H3. The normalized spacial score (nSPS) is 13.0. The lowest BCUT2D eigenvalue weighted by Crippen LogP contribution is -2.31. The molecule has 0 atom stereocenters. The average Bonchev–Trinajstić information content (AvgIpc) is 3.44. The van der Waals surface area contributed by atoms with E-state index in [4.69, 9.17) is 4.98 Å². The molecule has 0 N–H and O–H groups in total. The number of hydrogen-bond donors (Lipinski definition) is 0. The van der Waals surface area contributed by atoms with E-state index in [-0.39, 0.29) is 23.9 Å². The summed E-state index contributed by atoms with van der Waals surface area (Å²) in [5, 5.41) is 9.90. The van der Waals surface area contributed by atoms with E-state index in [0.29, 0.717) is 39.4 Å². The van der Waals surface area contributed by atoms with E-state index in [1.807, 2.05) is 43.3 Å². The lowest BCUT2D eigenvalue weighted by atomic mass is 10.1. The van der Waals surface area contributed by atoms with Gasteiger partial charge in [0, 0.05) is 12.1 Å². The molecule has 0 saturated heterocycles. The topological polar surface area (TPSA) is 98.1 Å². The first kappa shape index (κ1) is 22.0. The van der Waals surface area contributed by atoms with Crippen molar-refractivity contribution >= 4 is 34.1 Å². The van der Waals surface area contributed by atoms with Gasteiger partial charge in [-0.2, -0.15) is 0 Å². The predicted molar refractivity (Wildman–Crippen MR) is 136 cm³/mol. The van der Waals surface area contributed by atoms with Gasteiger partial charge in [-0.1, -0.05) is 59.9 Å². The first-order valence-corrected chi connectivity index (χ1v) is 12.2. The Balaban J connectivity index is 1.39. The molecule has 2 amide bonds. The van der Waals surface area contributed by atoms with Crippen molar-refractivity contribution in [1.82, 2.24) is 24.6 Å². The Bertz CT molecular complexity index is 1690. The molecule has 6 rings (SSSR count). The van der Waals surface area contributed by atoms with Crippen molar-refractivity contribution in [2.24, 2.45) is 0 Å². The lowest BCUT2D eigenvalue weighted by Gasteiger charge is -2.14. The van der Waals surface area contributed by atoms with Gasteiger partial charge in [0.15, 0.2) is 0 Å². The Morgan fingerprint density at radius 3 is 2.19 bits per heavy atom. The number of carbonyl (C=O) groups is 2. The van der Waals surface area contributed by atoms with Gasteiger partial charge in [-0.3, -0.25) is 19.3 Å². The van der Waals surface area contributed by atoms with Crippen molar-refractivity contribution in [2.45, 2.75) is 13.3 Å². The van der Waals surface area contributed by atoms with Crippen molar-refractivity contribution in [3.05, 3.63) is 105 Å². The smallest absolute Gasteiger partial charge is 0.268 e. The summed E-state index contributed by atoms with van der Waals surface area (Å²) in [4.78, 5) is 45.2. The molecule has 1 aliphatic rings. The van der Waals surface area contributed by atoms with Crippen LogP contribution in [0.25, 0.3) is 27.4 Å². The molecule has 9 heteroatoms. The van der Waals surface area contributed by atoms with Gasteiger partial charge in [-0.25, -0.2) is 9.55 Å². The zero-order valence-corrected chi connectivity index (χ0v) is 20.0. The molecule has 0 fully saturated rings. The summed E-state index contributed by atoms with van der Waals surface area (Å²) in [5.74, 6) is -0.0952. The summed E-state index contributed by atoms with van der Waals surface area (Å²) in [6, 6.07) is 21.8. The number of aromatic nitrogens is 4. The number of imide groups is 1. The van der Waals surface area contributed by atoms with E-state index in [2.05, 4.69) is 10.2 Å². The maximum Gasteiger partial charge on any atom is 0.268 e. The van der Waals surface area contributed by atoms with Crippen LogP contribution in [0.5, 0.6) is 0 Å². The molecule has 176 valence electrons. The molecule has 36 heavy (non-hydrogen) atoms. The molecule has 1 aliphatic heterocycles. The first-order valence-electron chi connectivity index (χ1n) is 11.4. The zero-order chi connectivity index (χ0) is 24.8. The Hall–Kier alpha value is -4.50. The van der Waals surface area contributed by atoms with Gasteiger partial charge in [0.25, 0.3) is 17.4 Å². The summed E-state index contributed by atoms with van der Waals surface area (Å²) < 4.78 is 1.50. The van der Waals surface area contributed by atoms with E-state index < -0.39 is 0 Å². The summed E-state index contributed by atoms with van der Waals surface area (Å²) >= 11 is 1.32. The van der Waals surface area contributed by atoms with Crippen LogP contribution < -0.4 is 5.56 Å². The number of benzene rings is 3. The highest BCUT2D eigenvalue weighted by Gasteiger charge is 2.34. The molecule has 2 aromatic heterocycles. The van der Waals surface area contributed by atoms with Crippen LogP contribution in [0.2, 0.25) is 0 Å². The molecule has 0 spiro atoms. The number of carbonyl (C=O) groups excluding carboxylic acids is 2. The molecular weight excluding hydrogens is 474 g/mol. The molecule has 0 bridgehead atoms. The minimum atomic E-state index is -0.292. The molecule has 0 unspecified atom stereocenters.